The van der Waals surface area contributed by atoms with Crippen LogP contribution in [-0.4, -0.2) is 42.6 Å². The summed E-state index contributed by atoms with van der Waals surface area (Å²) >= 11 is 0. The number of nitrogens with one attached hydrogen (secondary N) is 2. The van der Waals surface area contributed by atoms with E-state index in [0.29, 0.717) is 0 Å². The number of hydrogen-bond acceptors (Lipinski definition) is 2. The van der Waals surface area contributed by atoms with E-state index in [2.05, 4.69) is 10.6 Å². The van der Waals surface area contributed by atoms with E-state index in [1.165, 1.54) is 17.7 Å². The highest BCUT2D eigenvalue weighted by Gasteiger charge is 2.26. The fraction of sp³-hybridized carbons (Fsp3) is 0.611. The van der Waals surface area contributed by atoms with Crippen LogP contribution < -0.4 is 10.6 Å². The summed E-state index contributed by atoms with van der Waals surface area (Å²) in [6, 6.07) is 7.19. The van der Waals surface area contributed by atoms with Gasteiger partial charge in [0, 0.05) is 31.7 Å². The normalized spacial score (nSPS) is 18.3. The lowest BCUT2D eigenvalue weighted by molar-refractivity contribution is 0.150. The molecule has 1 unspecified atom stereocenters. The first-order chi connectivity index (χ1) is 11.1. The van der Waals surface area contributed by atoms with Crippen molar-refractivity contribution in [3.8, 4) is 0 Å². The minimum Gasteiger partial charge on any atom is -0.336 e. The molecule has 1 heterocycles. The average molecular weight is 321 g/mol. The highest BCUT2D eigenvalue weighted by Crippen LogP contribution is 2.14. The molecule has 1 aromatic rings. The lowest BCUT2D eigenvalue weighted by atomic mass is 10.0. The third kappa shape index (κ3) is 5.82. The molecule has 1 aromatic carbocycles. The van der Waals surface area contributed by atoms with Crippen molar-refractivity contribution < 1.29 is 9.18 Å². The monoisotopic (exact) mass is 321 g/mol. The number of halogens is 1. The van der Waals surface area contributed by atoms with Crippen LogP contribution in [0, 0.1) is 5.82 Å². The SMILES string of the molecule is CC(C)NC(=O)N1CCNCC1CCCCc1ccc(F)cc1. The largest absolute Gasteiger partial charge is 0.336 e. The van der Waals surface area contributed by atoms with Crippen LogP contribution in [-0.2, 0) is 6.42 Å². The quantitative estimate of drug-likeness (QED) is 0.791. The second-order valence-electron chi connectivity index (χ2n) is 6.53. The minimum absolute atomic E-state index is 0.0463. The Labute approximate surface area is 138 Å². The first-order valence-electron chi connectivity index (χ1n) is 8.58. The van der Waals surface area contributed by atoms with Crippen LogP contribution in [0.25, 0.3) is 0 Å². The Kier molecular flexibility index (Phi) is 6.84. The Morgan fingerprint density at radius 2 is 2.09 bits per heavy atom. The van der Waals surface area contributed by atoms with Gasteiger partial charge in [-0.3, -0.25) is 0 Å². The fourth-order valence-corrected chi connectivity index (χ4v) is 2.98. The number of hydrogen-bond donors (Lipinski definition) is 2. The van der Waals surface area contributed by atoms with E-state index in [1.807, 2.05) is 30.9 Å². The first kappa shape index (κ1) is 17.7. The zero-order valence-electron chi connectivity index (χ0n) is 14.1. The van der Waals surface area contributed by atoms with E-state index in [1.54, 1.807) is 0 Å². The Hall–Kier alpha value is -1.62. The van der Waals surface area contributed by atoms with Gasteiger partial charge in [-0.2, -0.15) is 0 Å². The molecule has 0 radical (unpaired) electrons. The standard InChI is InChI=1S/C18H28FN3O/c1-14(2)21-18(23)22-12-11-20-13-17(22)6-4-3-5-15-7-9-16(19)10-8-15/h7-10,14,17,20H,3-6,11-13H2,1-2H3,(H,21,23). The molecule has 0 aliphatic carbocycles. The van der Waals surface area contributed by atoms with Crippen molar-refractivity contribution in [2.45, 2.75) is 51.6 Å². The predicted molar refractivity (Wildman–Crippen MR) is 91.0 cm³/mol. The van der Waals surface area contributed by atoms with Crippen molar-refractivity contribution in [1.29, 1.82) is 0 Å². The third-order valence-electron chi connectivity index (χ3n) is 4.19. The smallest absolute Gasteiger partial charge is 0.317 e. The molecule has 1 fully saturated rings. The molecule has 2 N–H and O–H groups in total. The number of piperazine rings is 1. The number of benzene rings is 1. The molecule has 1 aliphatic rings. The molecule has 1 atom stereocenters. The van der Waals surface area contributed by atoms with Crippen LogP contribution in [0.15, 0.2) is 24.3 Å². The van der Waals surface area contributed by atoms with Crippen molar-refractivity contribution in [2.75, 3.05) is 19.6 Å². The van der Waals surface area contributed by atoms with E-state index < -0.39 is 0 Å². The first-order valence-corrected chi connectivity index (χ1v) is 8.58. The molecule has 2 rings (SSSR count). The fourth-order valence-electron chi connectivity index (χ4n) is 2.98. The number of carbonyl (C=O) groups excluding carboxylic acids is 1. The highest BCUT2D eigenvalue weighted by atomic mass is 19.1. The molecule has 4 nitrogen and oxygen atoms in total. The molecular formula is C18H28FN3O. The zero-order valence-corrected chi connectivity index (χ0v) is 14.1. The van der Waals surface area contributed by atoms with Crippen molar-refractivity contribution in [2.24, 2.45) is 0 Å². The Balaban J connectivity index is 1.75. The number of nitrogens with zero attached hydrogens (tertiary/aromatic N) is 1. The van der Waals surface area contributed by atoms with Crippen molar-refractivity contribution in [1.82, 2.24) is 15.5 Å². The molecule has 1 saturated heterocycles. The Morgan fingerprint density at radius 1 is 1.35 bits per heavy atom. The molecule has 1 aliphatic heterocycles. The van der Waals surface area contributed by atoms with Crippen molar-refractivity contribution in [3.63, 3.8) is 0 Å². The molecular weight excluding hydrogens is 293 g/mol. The predicted octanol–water partition coefficient (Wildman–Crippen LogP) is 2.93. The van der Waals surface area contributed by atoms with Gasteiger partial charge >= 0.3 is 6.03 Å². The van der Waals surface area contributed by atoms with Gasteiger partial charge in [0.15, 0.2) is 0 Å². The van der Waals surface area contributed by atoms with E-state index in [0.717, 1.165) is 45.3 Å². The van der Waals surface area contributed by atoms with Gasteiger partial charge in [-0.25, -0.2) is 9.18 Å². The summed E-state index contributed by atoms with van der Waals surface area (Å²) in [4.78, 5) is 14.2. The minimum atomic E-state index is -0.186. The van der Waals surface area contributed by atoms with Crippen molar-refractivity contribution >= 4 is 6.03 Å². The summed E-state index contributed by atoms with van der Waals surface area (Å²) in [5, 5.41) is 6.36. The summed E-state index contributed by atoms with van der Waals surface area (Å²) in [6.45, 7) is 6.45. The third-order valence-corrected chi connectivity index (χ3v) is 4.19. The molecule has 0 aromatic heterocycles. The summed E-state index contributed by atoms with van der Waals surface area (Å²) < 4.78 is 12.9. The second kappa shape index (κ2) is 8.87. The van der Waals surface area contributed by atoms with Crippen LogP contribution in [0.5, 0.6) is 0 Å². The summed E-state index contributed by atoms with van der Waals surface area (Å²) in [5.74, 6) is -0.186. The maximum atomic E-state index is 12.9. The van der Waals surface area contributed by atoms with Gasteiger partial charge in [0.2, 0.25) is 0 Å². The second-order valence-corrected chi connectivity index (χ2v) is 6.53. The maximum absolute atomic E-state index is 12.9. The molecule has 0 saturated carbocycles. The van der Waals surface area contributed by atoms with Gasteiger partial charge in [0.05, 0.1) is 0 Å². The zero-order chi connectivity index (χ0) is 16.7. The summed E-state index contributed by atoms with van der Waals surface area (Å²) in [7, 11) is 0. The summed E-state index contributed by atoms with van der Waals surface area (Å²) in [5.41, 5.74) is 1.17. The number of aryl methyl sites for hydroxylation is 1. The van der Waals surface area contributed by atoms with Gasteiger partial charge < -0.3 is 15.5 Å². The van der Waals surface area contributed by atoms with E-state index in [4.69, 9.17) is 0 Å². The van der Waals surface area contributed by atoms with Gasteiger partial charge in [0.1, 0.15) is 5.82 Å². The van der Waals surface area contributed by atoms with Gasteiger partial charge in [0.25, 0.3) is 0 Å². The summed E-state index contributed by atoms with van der Waals surface area (Å²) in [6.07, 6.45) is 4.08. The number of carbonyl (C=O) groups is 1. The van der Waals surface area contributed by atoms with Crippen LogP contribution in [0.1, 0.15) is 38.7 Å². The number of rotatable bonds is 6. The topological polar surface area (TPSA) is 44.4 Å². The Bertz CT molecular complexity index is 490. The van der Waals surface area contributed by atoms with E-state index >= 15 is 0 Å². The van der Waals surface area contributed by atoms with Crippen LogP contribution in [0.4, 0.5) is 9.18 Å². The number of amides is 2. The van der Waals surface area contributed by atoms with Crippen LogP contribution in [0.3, 0.4) is 0 Å². The van der Waals surface area contributed by atoms with Crippen LogP contribution >= 0.6 is 0 Å². The maximum Gasteiger partial charge on any atom is 0.317 e. The van der Waals surface area contributed by atoms with Gasteiger partial charge in [-0.15, -0.1) is 0 Å². The lowest BCUT2D eigenvalue weighted by Gasteiger charge is -2.36. The van der Waals surface area contributed by atoms with Crippen molar-refractivity contribution in [3.05, 3.63) is 35.6 Å². The number of urea groups is 1. The molecule has 23 heavy (non-hydrogen) atoms. The molecule has 0 bridgehead atoms. The number of unbranched alkanes of at least 4 members (excludes halogenated alkanes) is 1. The lowest BCUT2D eigenvalue weighted by Crippen LogP contribution is -2.57. The van der Waals surface area contributed by atoms with Gasteiger partial charge in [-0.05, 0) is 50.8 Å². The van der Waals surface area contributed by atoms with E-state index in [9.17, 15) is 9.18 Å². The molecule has 2 amide bonds. The van der Waals surface area contributed by atoms with Crippen LogP contribution in [0.2, 0.25) is 0 Å². The molecule has 0 spiro atoms. The van der Waals surface area contributed by atoms with Gasteiger partial charge in [-0.1, -0.05) is 18.6 Å². The average Bonchev–Trinajstić information content (AvgIpc) is 2.53. The Morgan fingerprint density at radius 3 is 2.78 bits per heavy atom. The molecule has 5 heteroatoms. The highest BCUT2D eigenvalue weighted by molar-refractivity contribution is 5.75. The van der Waals surface area contributed by atoms with E-state index in [-0.39, 0.29) is 23.9 Å². The molecule has 128 valence electrons.